The van der Waals surface area contributed by atoms with Crippen LogP contribution in [0, 0.1) is 0 Å². The Balaban J connectivity index is 0.00000264. The van der Waals surface area contributed by atoms with Crippen LogP contribution in [0.15, 0.2) is 54.6 Å². The summed E-state index contributed by atoms with van der Waals surface area (Å²) in [6.45, 7) is 0.824. The standard InChI is InChI=1S/C18H22N2O2.ClH/c1-20(13-14-7-6-10-16(11-14)22-2)18(21)17(12-19)15-8-4-3-5-9-15;/h3-11,17H,12-13,19H2,1-2H3;1H. The Morgan fingerprint density at radius 2 is 1.87 bits per heavy atom. The predicted molar refractivity (Wildman–Crippen MR) is 95.0 cm³/mol. The second-order valence-corrected chi connectivity index (χ2v) is 5.24. The number of rotatable bonds is 6. The summed E-state index contributed by atoms with van der Waals surface area (Å²) in [5.74, 6) is 0.505. The van der Waals surface area contributed by atoms with Crippen LogP contribution in [-0.4, -0.2) is 31.5 Å². The molecule has 1 unspecified atom stereocenters. The fraction of sp³-hybridized carbons (Fsp3) is 0.278. The Morgan fingerprint density at radius 3 is 2.48 bits per heavy atom. The zero-order valence-electron chi connectivity index (χ0n) is 13.4. The van der Waals surface area contributed by atoms with Gasteiger partial charge in [-0.1, -0.05) is 42.5 Å². The average molecular weight is 335 g/mol. The maximum Gasteiger partial charge on any atom is 0.231 e. The molecule has 1 amide bonds. The summed E-state index contributed by atoms with van der Waals surface area (Å²) in [6.07, 6.45) is 0. The molecule has 0 aliphatic heterocycles. The van der Waals surface area contributed by atoms with Crippen LogP contribution in [0.25, 0.3) is 0 Å². The molecular weight excluding hydrogens is 312 g/mol. The highest BCUT2D eigenvalue weighted by atomic mass is 35.5. The van der Waals surface area contributed by atoms with Crippen LogP contribution in [0.5, 0.6) is 5.75 Å². The zero-order chi connectivity index (χ0) is 15.9. The molecule has 1 atom stereocenters. The normalized spacial score (nSPS) is 11.3. The SMILES string of the molecule is COc1cccc(CN(C)C(=O)C(CN)c2ccccc2)c1.Cl. The third kappa shape index (κ3) is 4.98. The van der Waals surface area contributed by atoms with Gasteiger partial charge in [-0.25, -0.2) is 0 Å². The van der Waals surface area contributed by atoms with Gasteiger partial charge < -0.3 is 15.4 Å². The van der Waals surface area contributed by atoms with Crippen molar-refractivity contribution in [3.8, 4) is 5.75 Å². The van der Waals surface area contributed by atoms with Gasteiger partial charge in [0.15, 0.2) is 0 Å². The summed E-state index contributed by atoms with van der Waals surface area (Å²) in [5, 5.41) is 0. The molecule has 0 bridgehead atoms. The van der Waals surface area contributed by atoms with Crippen LogP contribution >= 0.6 is 12.4 Å². The van der Waals surface area contributed by atoms with Gasteiger partial charge in [-0.15, -0.1) is 12.4 Å². The fourth-order valence-corrected chi connectivity index (χ4v) is 2.45. The number of ether oxygens (including phenoxy) is 1. The molecule has 0 saturated carbocycles. The van der Waals surface area contributed by atoms with Crippen molar-refractivity contribution in [2.24, 2.45) is 5.73 Å². The summed E-state index contributed by atoms with van der Waals surface area (Å²) in [7, 11) is 3.43. The van der Waals surface area contributed by atoms with Gasteiger partial charge in [0.25, 0.3) is 0 Å². The van der Waals surface area contributed by atoms with Crippen LogP contribution in [0.2, 0.25) is 0 Å². The van der Waals surface area contributed by atoms with Crippen molar-refractivity contribution in [3.05, 3.63) is 65.7 Å². The van der Waals surface area contributed by atoms with Crippen molar-refractivity contribution >= 4 is 18.3 Å². The molecule has 2 aromatic rings. The summed E-state index contributed by atoms with van der Waals surface area (Å²) < 4.78 is 5.21. The summed E-state index contributed by atoms with van der Waals surface area (Å²) in [4.78, 5) is 14.4. The molecule has 2 aromatic carbocycles. The summed E-state index contributed by atoms with van der Waals surface area (Å²) in [6, 6.07) is 17.4. The molecule has 2 N–H and O–H groups in total. The van der Waals surface area contributed by atoms with Crippen LogP contribution in [0.1, 0.15) is 17.0 Å². The van der Waals surface area contributed by atoms with Gasteiger partial charge in [-0.3, -0.25) is 4.79 Å². The van der Waals surface area contributed by atoms with Gasteiger partial charge in [0.2, 0.25) is 5.91 Å². The molecule has 2 rings (SSSR count). The number of carbonyl (C=O) groups is 1. The van der Waals surface area contributed by atoms with Crippen molar-refractivity contribution in [2.75, 3.05) is 20.7 Å². The molecule has 0 saturated heterocycles. The van der Waals surface area contributed by atoms with Crippen LogP contribution in [0.3, 0.4) is 0 Å². The molecule has 0 aliphatic rings. The maximum absolute atomic E-state index is 12.6. The number of likely N-dealkylation sites (N-methyl/N-ethyl adjacent to an activating group) is 1. The number of benzene rings is 2. The number of hydrogen-bond acceptors (Lipinski definition) is 3. The highest BCUT2D eigenvalue weighted by molar-refractivity contribution is 5.85. The van der Waals surface area contributed by atoms with E-state index in [1.54, 1.807) is 19.1 Å². The van der Waals surface area contributed by atoms with Gasteiger partial charge in [0.05, 0.1) is 13.0 Å². The second kappa shape index (κ2) is 9.18. The van der Waals surface area contributed by atoms with Crippen molar-refractivity contribution in [1.82, 2.24) is 4.90 Å². The molecule has 4 nitrogen and oxygen atoms in total. The molecule has 0 aromatic heterocycles. The molecule has 0 aliphatic carbocycles. The van der Waals surface area contributed by atoms with Crippen molar-refractivity contribution in [3.63, 3.8) is 0 Å². The van der Waals surface area contributed by atoms with E-state index in [1.165, 1.54) is 0 Å². The first-order valence-electron chi connectivity index (χ1n) is 7.28. The number of methoxy groups -OCH3 is 1. The largest absolute Gasteiger partial charge is 0.497 e. The quantitative estimate of drug-likeness (QED) is 0.883. The number of hydrogen-bond donors (Lipinski definition) is 1. The first-order valence-corrected chi connectivity index (χ1v) is 7.28. The molecule has 0 spiro atoms. The van der Waals surface area contributed by atoms with Crippen molar-refractivity contribution in [1.29, 1.82) is 0 Å². The van der Waals surface area contributed by atoms with Gasteiger partial charge in [-0.2, -0.15) is 0 Å². The van der Waals surface area contributed by atoms with E-state index in [4.69, 9.17) is 10.5 Å². The molecule has 0 radical (unpaired) electrons. The summed E-state index contributed by atoms with van der Waals surface area (Å²) in [5.41, 5.74) is 7.79. The Hall–Kier alpha value is -2.04. The lowest BCUT2D eigenvalue weighted by molar-refractivity contribution is -0.131. The lowest BCUT2D eigenvalue weighted by Crippen LogP contribution is -2.34. The number of nitrogens with zero attached hydrogens (tertiary/aromatic N) is 1. The topological polar surface area (TPSA) is 55.6 Å². The summed E-state index contributed by atoms with van der Waals surface area (Å²) >= 11 is 0. The molecular formula is C18H23ClN2O2. The minimum atomic E-state index is -0.309. The Labute approximate surface area is 143 Å². The van der Waals surface area contributed by atoms with Gasteiger partial charge in [0, 0.05) is 20.1 Å². The highest BCUT2D eigenvalue weighted by Crippen LogP contribution is 2.19. The highest BCUT2D eigenvalue weighted by Gasteiger charge is 2.22. The minimum absolute atomic E-state index is 0. The molecule has 0 fully saturated rings. The Bertz CT molecular complexity index is 619. The minimum Gasteiger partial charge on any atom is -0.497 e. The molecule has 23 heavy (non-hydrogen) atoms. The van der Waals surface area contributed by atoms with Crippen LogP contribution < -0.4 is 10.5 Å². The molecule has 5 heteroatoms. The third-order valence-corrected chi connectivity index (χ3v) is 3.67. The van der Waals surface area contributed by atoms with E-state index in [1.807, 2.05) is 54.6 Å². The number of nitrogens with two attached hydrogens (primary N) is 1. The third-order valence-electron chi connectivity index (χ3n) is 3.67. The number of carbonyl (C=O) groups excluding carboxylic acids is 1. The fourth-order valence-electron chi connectivity index (χ4n) is 2.45. The first kappa shape index (κ1) is 19.0. The van der Waals surface area contributed by atoms with E-state index >= 15 is 0 Å². The van der Waals surface area contributed by atoms with Gasteiger partial charge in [0.1, 0.15) is 5.75 Å². The monoisotopic (exact) mass is 334 g/mol. The number of halogens is 1. The van der Waals surface area contributed by atoms with E-state index in [0.717, 1.165) is 16.9 Å². The van der Waals surface area contributed by atoms with E-state index in [9.17, 15) is 4.79 Å². The second-order valence-electron chi connectivity index (χ2n) is 5.24. The smallest absolute Gasteiger partial charge is 0.231 e. The lowest BCUT2D eigenvalue weighted by Gasteiger charge is -2.23. The Morgan fingerprint density at radius 1 is 1.17 bits per heavy atom. The van der Waals surface area contributed by atoms with Crippen molar-refractivity contribution < 1.29 is 9.53 Å². The zero-order valence-corrected chi connectivity index (χ0v) is 14.3. The average Bonchev–Trinajstić information content (AvgIpc) is 2.56. The van der Waals surface area contributed by atoms with E-state index in [2.05, 4.69) is 0 Å². The van der Waals surface area contributed by atoms with Crippen LogP contribution in [0.4, 0.5) is 0 Å². The Kier molecular flexibility index (Phi) is 7.59. The predicted octanol–water partition coefficient (Wildman–Crippen LogP) is 2.82. The molecule has 124 valence electrons. The van der Waals surface area contributed by atoms with Crippen molar-refractivity contribution in [2.45, 2.75) is 12.5 Å². The lowest BCUT2D eigenvalue weighted by atomic mass is 9.97. The van der Waals surface area contributed by atoms with Gasteiger partial charge >= 0.3 is 0 Å². The first-order chi connectivity index (χ1) is 10.7. The van der Waals surface area contributed by atoms with E-state index in [0.29, 0.717) is 13.1 Å². The van der Waals surface area contributed by atoms with Gasteiger partial charge in [-0.05, 0) is 23.3 Å². The number of amides is 1. The van der Waals surface area contributed by atoms with Crippen LogP contribution in [-0.2, 0) is 11.3 Å². The van der Waals surface area contributed by atoms with E-state index < -0.39 is 0 Å². The van der Waals surface area contributed by atoms with E-state index in [-0.39, 0.29) is 24.2 Å². The maximum atomic E-state index is 12.6. The molecule has 0 heterocycles.